The van der Waals surface area contributed by atoms with Crippen molar-refractivity contribution in [1.82, 2.24) is 15.1 Å². The molecule has 0 unspecified atom stereocenters. The third-order valence-electron chi connectivity index (χ3n) is 5.51. The lowest BCUT2D eigenvalue weighted by Gasteiger charge is -2.39. The van der Waals surface area contributed by atoms with Crippen molar-refractivity contribution in [1.29, 1.82) is 0 Å². The van der Waals surface area contributed by atoms with Gasteiger partial charge in [-0.3, -0.25) is 14.4 Å². The molecule has 2 saturated heterocycles. The number of rotatable bonds is 2. The molecule has 2 fully saturated rings. The van der Waals surface area contributed by atoms with Crippen LogP contribution in [0, 0.1) is 5.92 Å². The van der Waals surface area contributed by atoms with Gasteiger partial charge in [-0.25, -0.2) is 0 Å². The van der Waals surface area contributed by atoms with Gasteiger partial charge in [0.05, 0.1) is 12.2 Å². The van der Waals surface area contributed by atoms with Gasteiger partial charge in [0, 0.05) is 27.6 Å². The molecule has 1 aromatic heterocycles. The van der Waals surface area contributed by atoms with Gasteiger partial charge in [-0.15, -0.1) is 0 Å². The molecular weight excluding hydrogens is 322 g/mol. The Morgan fingerprint density at radius 2 is 2.12 bits per heavy atom. The summed E-state index contributed by atoms with van der Waals surface area (Å²) in [6.07, 6.45) is 4.15. The van der Waals surface area contributed by atoms with E-state index >= 15 is 0 Å². The summed E-state index contributed by atoms with van der Waals surface area (Å²) in [6.45, 7) is 2.13. The first kappa shape index (κ1) is 17.5. The van der Waals surface area contributed by atoms with Crippen LogP contribution in [0.4, 0.5) is 0 Å². The maximum atomic E-state index is 13.2. The molecule has 0 saturated carbocycles. The lowest BCUT2D eigenvalue weighted by Crippen LogP contribution is -2.56. The third-order valence-corrected chi connectivity index (χ3v) is 5.51. The summed E-state index contributed by atoms with van der Waals surface area (Å²) in [5.41, 5.74) is -0.980. The summed E-state index contributed by atoms with van der Waals surface area (Å²) in [7, 11) is 3.34. The van der Waals surface area contributed by atoms with Crippen LogP contribution in [0.15, 0.2) is 22.8 Å². The van der Waals surface area contributed by atoms with Crippen LogP contribution in [-0.4, -0.2) is 53.7 Å². The Morgan fingerprint density at radius 3 is 2.72 bits per heavy atom. The fourth-order valence-corrected chi connectivity index (χ4v) is 4.47. The monoisotopic (exact) mass is 347 g/mol. The molecule has 3 rings (SSSR count). The smallest absolute Gasteiger partial charge is 0.248 e. The van der Waals surface area contributed by atoms with Crippen LogP contribution in [0.5, 0.6) is 0 Å². The Bertz CT molecular complexity index is 672. The van der Waals surface area contributed by atoms with Gasteiger partial charge in [-0.1, -0.05) is 0 Å². The highest BCUT2D eigenvalue weighted by Gasteiger charge is 2.60. The van der Waals surface area contributed by atoms with E-state index in [2.05, 4.69) is 5.32 Å². The molecule has 0 aromatic carbocycles. The maximum Gasteiger partial charge on any atom is 0.248 e. The molecule has 0 bridgehead atoms. The van der Waals surface area contributed by atoms with Crippen LogP contribution in [0.1, 0.15) is 44.4 Å². The zero-order chi connectivity index (χ0) is 18.2. The second kappa shape index (κ2) is 6.54. The summed E-state index contributed by atoms with van der Waals surface area (Å²) in [6, 6.07) is 2.93. The fourth-order valence-electron chi connectivity index (χ4n) is 4.47. The summed E-state index contributed by atoms with van der Waals surface area (Å²) >= 11 is 0. The Kier molecular flexibility index (Phi) is 4.58. The van der Waals surface area contributed by atoms with Gasteiger partial charge in [-0.2, -0.15) is 0 Å². The van der Waals surface area contributed by atoms with Crippen LogP contribution >= 0.6 is 0 Å². The molecule has 0 radical (unpaired) electrons. The van der Waals surface area contributed by atoms with Crippen LogP contribution in [-0.2, 0) is 14.4 Å². The van der Waals surface area contributed by atoms with Crippen LogP contribution in [0.3, 0.4) is 0 Å². The first-order valence-electron chi connectivity index (χ1n) is 8.73. The number of likely N-dealkylation sites (N-methyl/N-ethyl adjacent to an activating group) is 1. The Balaban J connectivity index is 2.14. The molecule has 2 aliphatic rings. The highest BCUT2D eigenvalue weighted by atomic mass is 16.3. The molecule has 2 aliphatic heterocycles. The first-order valence-corrected chi connectivity index (χ1v) is 8.73. The number of nitrogens with one attached hydrogen (secondary N) is 1. The SMILES string of the molecule is CNC(=O)[C@H]1C[C@]2(CCCCN(C)C2=O)N(C(C)=O)[C@H]1c1ccco1. The zero-order valence-corrected chi connectivity index (χ0v) is 14.9. The van der Waals surface area contributed by atoms with Crippen LogP contribution in [0.25, 0.3) is 0 Å². The molecule has 7 nitrogen and oxygen atoms in total. The summed E-state index contributed by atoms with van der Waals surface area (Å²) in [5, 5.41) is 2.68. The van der Waals surface area contributed by atoms with Gasteiger partial charge < -0.3 is 19.5 Å². The van der Waals surface area contributed by atoms with Gasteiger partial charge in [0.1, 0.15) is 17.3 Å². The van der Waals surface area contributed by atoms with E-state index in [1.807, 2.05) is 0 Å². The van der Waals surface area contributed by atoms with Crippen molar-refractivity contribution in [3.63, 3.8) is 0 Å². The highest BCUT2D eigenvalue weighted by molar-refractivity contribution is 5.94. The number of likely N-dealkylation sites (tertiary alicyclic amines) is 2. The minimum Gasteiger partial charge on any atom is -0.467 e. The van der Waals surface area contributed by atoms with E-state index in [-0.39, 0.29) is 17.7 Å². The average Bonchev–Trinajstić information content (AvgIpc) is 3.19. The number of carbonyl (C=O) groups is 3. The summed E-state index contributed by atoms with van der Waals surface area (Å²) < 4.78 is 5.55. The van der Waals surface area contributed by atoms with Crippen LogP contribution < -0.4 is 5.32 Å². The quantitative estimate of drug-likeness (QED) is 0.874. The Hall–Kier alpha value is -2.31. The standard InChI is InChI=1S/C18H25N3O4/c1-12(22)21-15(14-7-6-10-25-14)13(16(23)19-2)11-18(21)8-4-5-9-20(3)17(18)24/h6-7,10,13,15H,4-5,8-9,11H2,1-3H3,(H,19,23)/t13-,15+,18-/m0/s1. The van der Waals surface area contributed by atoms with Crippen molar-refractivity contribution in [3.8, 4) is 0 Å². The zero-order valence-electron chi connectivity index (χ0n) is 14.9. The summed E-state index contributed by atoms with van der Waals surface area (Å²) in [5.74, 6) is -0.445. The number of carbonyl (C=O) groups excluding carboxylic acids is 3. The van der Waals surface area contributed by atoms with Crippen molar-refractivity contribution in [3.05, 3.63) is 24.2 Å². The van der Waals surface area contributed by atoms with Gasteiger partial charge in [0.2, 0.25) is 17.7 Å². The van der Waals surface area contributed by atoms with Crippen molar-refractivity contribution >= 4 is 17.7 Å². The molecule has 7 heteroatoms. The van der Waals surface area contributed by atoms with Crippen molar-refractivity contribution in [2.45, 2.75) is 44.2 Å². The van der Waals surface area contributed by atoms with Gasteiger partial charge in [0.25, 0.3) is 0 Å². The largest absolute Gasteiger partial charge is 0.467 e. The summed E-state index contributed by atoms with van der Waals surface area (Å²) in [4.78, 5) is 41.7. The molecular formula is C18H25N3O4. The van der Waals surface area contributed by atoms with E-state index in [0.717, 1.165) is 12.8 Å². The molecule has 1 N–H and O–H groups in total. The normalized spacial score (nSPS) is 29.8. The number of furan rings is 1. The lowest BCUT2D eigenvalue weighted by atomic mass is 9.85. The van der Waals surface area contributed by atoms with E-state index in [0.29, 0.717) is 25.1 Å². The minimum absolute atomic E-state index is 0.0804. The Labute approximate surface area is 147 Å². The maximum absolute atomic E-state index is 13.2. The molecule has 1 spiro atoms. The highest BCUT2D eigenvalue weighted by Crippen LogP contribution is 2.50. The third kappa shape index (κ3) is 2.71. The number of hydrogen-bond acceptors (Lipinski definition) is 4. The van der Waals surface area contributed by atoms with Gasteiger partial charge >= 0.3 is 0 Å². The van der Waals surface area contributed by atoms with E-state index in [1.54, 1.807) is 36.0 Å². The number of nitrogens with zero attached hydrogens (tertiary/aromatic N) is 2. The molecule has 25 heavy (non-hydrogen) atoms. The van der Waals surface area contributed by atoms with Crippen molar-refractivity contribution < 1.29 is 18.8 Å². The minimum atomic E-state index is -0.980. The van der Waals surface area contributed by atoms with E-state index in [1.165, 1.54) is 13.2 Å². The second-order valence-corrected chi connectivity index (χ2v) is 6.99. The average molecular weight is 347 g/mol. The number of hydrogen-bond donors (Lipinski definition) is 1. The molecule has 136 valence electrons. The molecule has 3 amide bonds. The molecule has 3 atom stereocenters. The lowest BCUT2D eigenvalue weighted by molar-refractivity contribution is -0.151. The van der Waals surface area contributed by atoms with Crippen molar-refractivity contribution in [2.24, 2.45) is 5.92 Å². The van der Waals surface area contributed by atoms with Gasteiger partial charge in [0.15, 0.2) is 0 Å². The fraction of sp³-hybridized carbons (Fsp3) is 0.611. The second-order valence-electron chi connectivity index (χ2n) is 6.99. The number of amides is 3. The topological polar surface area (TPSA) is 82.9 Å². The van der Waals surface area contributed by atoms with E-state index in [9.17, 15) is 14.4 Å². The predicted octanol–water partition coefficient (Wildman–Crippen LogP) is 1.32. The van der Waals surface area contributed by atoms with E-state index < -0.39 is 17.5 Å². The Morgan fingerprint density at radius 1 is 1.36 bits per heavy atom. The molecule has 1 aromatic rings. The molecule has 0 aliphatic carbocycles. The molecule has 3 heterocycles. The van der Waals surface area contributed by atoms with Crippen molar-refractivity contribution in [2.75, 3.05) is 20.6 Å². The van der Waals surface area contributed by atoms with Gasteiger partial charge in [-0.05, 0) is 37.8 Å². The van der Waals surface area contributed by atoms with Crippen LogP contribution in [0.2, 0.25) is 0 Å². The first-order chi connectivity index (χ1) is 11.9. The van der Waals surface area contributed by atoms with E-state index in [4.69, 9.17) is 4.42 Å². The predicted molar refractivity (Wildman–Crippen MR) is 90.4 cm³/mol.